The number of nitrogens with one attached hydrogen (secondary N) is 1. The van der Waals surface area contributed by atoms with Crippen molar-refractivity contribution in [1.82, 2.24) is 5.32 Å². The normalized spacial score (nSPS) is 14.6. The molecule has 0 radical (unpaired) electrons. The van der Waals surface area contributed by atoms with Crippen molar-refractivity contribution in [2.75, 3.05) is 13.7 Å². The van der Waals surface area contributed by atoms with E-state index in [-0.39, 0.29) is 0 Å². The molecule has 0 aliphatic heterocycles. The second kappa shape index (κ2) is 6.91. The first-order chi connectivity index (χ1) is 8.49. The summed E-state index contributed by atoms with van der Waals surface area (Å²) in [7, 11) is 1.76. The first-order valence-electron chi connectivity index (χ1n) is 6.82. The molecule has 1 aromatic rings. The largest absolute Gasteiger partial charge is 0.383 e. The standard InChI is InChI=1S/C16H27NO/c1-7-15(10-18-6)17-14(5)16-12(3)8-11(2)9-13(16)4/h8-9,14-15,17H,7,10H2,1-6H3. The summed E-state index contributed by atoms with van der Waals surface area (Å²) in [6.45, 7) is 11.8. The molecule has 18 heavy (non-hydrogen) atoms. The lowest BCUT2D eigenvalue weighted by Crippen LogP contribution is -2.35. The third-order valence-electron chi connectivity index (χ3n) is 3.52. The summed E-state index contributed by atoms with van der Waals surface area (Å²) >= 11 is 0. The molecule has 0 aliphatic rings. The van der Waals surface area contributed by atoms with Gasteiger partial charge in [0, 0.05) is 19.2 Å². The van der Waals surface area contributed by atoms with E-state index in [0.29, 0.717) is 12.1 Å². The van der Waals surface area contributed by atoms with Crippen LogP contribution in [0.5, 0.6) is 0 Å². The summed E-state index contributed by atoms with van der Waals surface area (Å²) in [5.41, 5.74) is 5.51. The Hall–Kier alpha value is -0.860. The monoisotopic (exact) mass is 249 g/mol. The van der Waals surface area contributed by atoms with Gasteiger partial charge in [0.1, 0.15) is 0 Å². The van der Waals surface area contributed by atoms with Gasteiger partial charge in [-0.2, -0.15) is 0 Å². The number of hydrogen-bond donors (Lipinski definition) is 1. The van der Waals surface area contributed by atoms with Crippen LogP contribution in [0, 0.1) is 20.8 Å². The van der Waals surface area contributed by atoms with Crippen molar-refractivity contribution < 1.29 is 4.74 Å². The first-order valence-corrected chi connectivity index (χ1v) is 6.82. The van der Waals surface area contributed by atoms with E-state index in [9.17, 15) is 0 Å². The zero-order valence-electron chi connectivity index (χ0n) is 12.6. The highest BCUT2D eigenvalue weighted by atomic mass is 16.5. The van der Waals surface area contributed by atoms with Crippen molar-refractivity contribution in [3.63, 3.8) is 0 Å². The van der Waals surface area contributed by atoms with Gasteiger partial charge in [0.15, 0.2) is 0 Å². The van der Waals surface area contributed by atoms with E-state index >= 15 is 0 Å². The summed E-state index contributed by atoms with van der Waals surface area (Å²) in [6.07, 6.45) is 1.09. The van der Waals surface area contributed by atoms with Crippen LogP contribution in [-0.4, -0.2) is 19.8 Å². The molecule has 0 aliphatic carbocycles. The smallest absolute Gasteiger partial charge is 0.0615 e. The lowest BCUT2D eigenvalue weighted by atomic mass is 9.94. The Morgan fingerprint density at radius 2 is 1.72 bits per heavy atom. The van der Waals surface area contributed by atoms with Gasteiger partial charge >= 0.3 is 0 Å². The maximum absolute atomic E-state index is 5.25. The van der Waals surface area contributed by atoms with E-state index in [1.807, 2.05) is 0 Å². The third kappa shape index (κ3) is 3.82. The van der Waals surface area contributed by atoms with E-state index < -0.39 is 0 Å². The summed E-state index contributed by atoms with van der Waals surface area (Å²) < 4.78 is 5.25. The van der Waals surface area contributed by atoms with Crippen LogP contribution in [-0.2, 0) is 4.74 Å². The number of methoxy groups -OCH3 is 1. The Balaban J connectivity index is 2.86. The molecular formula is C16H27NO. The predicted octanol–water partition coefficient (Wildman–Crippen LogP) is 3.69. The van der Waals surface area contributed by atoms with Crippen molar-refractivity contribution in [3.8, 4) is 0 Å². The van der Waals surface area contributed by atoms with Gasteiger partial charge in [-0.3, -0.25) is 0 Å². The molecule has 0 saturated heterocycles. The van der Waals surface area contributed by atoms with E-state index in [4.69, 9.17) is 4.74 Å². The summed E-state index contributed by atoms with van der Waals surface area (Å²) in [4.78, 5) is 0. The molecule has 2 atom stereocenters. The molecule has 0 spiro atoms. The Labute approximate surface area is 112 Å². The predicted molar refractivity (Wildman–Crippen MR) is 78.2 cm³/mol. The molecule has 0 bridgehead atoms. The molecule has 1 rings (SSSR count). The Morgan fingerprint density at radius 3 is 2.17 bits per heavy atom. The Morgan fingerprint density at radius 1 is 1.17 bits per heavy atom. The number of aryl methyl sites for hydroxylation is 3. The molecule has 0 heterocycles. The molecule has 2 nitrogen and oxygen atoms in total. The van der Waals surface area contributed by atoms with Gasteiger partial charge in [0.25, 0.3) is 0 Å². The fraction of sp³-hybridized carbons (Fsp3) is 0.625. The van der Waals surface area contributed by atoms with Crippen molar-refractivity contribution in [2.45, 2.75) is 53.1 Å². The van der Waals surface area contributed by atoms with Crippen LogP contribution in [0.2, 0.25) is 0 Å². The van der Waals surface area contributed by atoms with Crippen LogP contribution in [0.15, 0.2) is 12.1 Å². The lowest BCUT2D eigenvalue weighted by molar-refractivity contribution is 0.159. The fourth-order valence-electron chi connectivity index (χ4n) is 2.80. The van der Waals surface area contributed by atoms with Gasteiger partial charge < -0.3 is 10.1 Å². The average Bonchev–Trinajstić information content (AvgIpc) is 2.26. The van der Waals surface area contributed by atoms with Gasteiger partial charge in [-0.15, -0.1) is 0 Å². The Bertz CT molecular complexity index is 364. The minimum Gasteiger partial charge on any atom is -0.383 e. The van der Waals surface area contributed by atoms with E-state index in [0.717, 1.165) is 13.0 Å². The highest BCUT2D eigenvalue weighted by molar-refractivity contribution is 5.39. The van der Waals surface area contributed by atoms with Gasteiger partial charge in [0.2, 0.25) is 0 Å². The van der Waals surface area contributed by atoms with Crippen molar-refractivity contribution in [2.24, 2.45) is 0 Å². The van der Waals surface area contributed by atoms with Crippen LogP contribution in [0.25, 0.3) is 0 Å². The van der Waals surface area contributed by atoms with Crippen LogP contribution < -0.4 is 5.32 Å². The highest BCUT2D eigenvalue weighted by Gasteiger charge is 2.15. The molecule has 0 amide bonds. The van der Waals surface area contributed by atoms with E-state index in [1.165, 1.54) is 22.3 Å². The maximum Gasteiger partial charge on any atom is 0.0615 e. The molecule has 2 unspecified atom stereocenters. The SMILES string of the molecule is CCC(COC)NC(C)c1c(C)cc(C)cc1C. The van der Waals surface area contributed by atoms with Gasteiger partial charge in [-0.05, 0) is 50.8 Å². The minimum absolute atomic E-state index is 0.366. The molecular weight excluding hydrogens is 222 g/mol. The van der Waals surface area contributed by atoms with E-state index in [1.54, 1.807) is 7.11 Å². The highest BCUT2D eigenvalue weighted by Crippen LogP contribution is 2.23. The Kier molecular flexibility index (Phi) is 5.83. The zero-order valence-corrected chi connectivity index (χ0v) is 12.6. The second-order valence-electron chi connectivity index (χ2n) is 5.26. The number of benzene rings is 1. The summed E-state index contributed by atoms with van der Waals surface area (Å²) in [5, 5.41) is 3.66. The van der Waals surface area contributed by atoms with Crippen LogP contribution in [0.1, 0.15) is 48.6 Å². The molecule has 1 aromatic carbocycles. The van der Waals surface area contributed by atoms with Crippen molar-refractivity contribution in [1.29, 1.82) is 0 Å². The lowest BCUT2D eigenvalue weighted by Gasteiger charge is -2.25. The van der Waals surface area contributed by atoms with Crippen LogP contribution >= 0.6 is 0 Å². The second-order valence-corrected chi connectivity index (χ2v) is 5.26. The van der Waals surface area contributed by atoms with Crippen molar-refractivity contribution in [3.05, 3.63) is 34.4 Å². The minimum atomic E-state index is 0.366. The maximum atomic E-state index is 5.25. The molecule has 0 saturated carbocycles. The number of hydrogen-bond acceptors (Lipinski definition) is 2. The van der Waals surface area contributed by atoms with Gasteiger partial charge in [-0.1, -0.05) is 24.6 Å². The average molecular weight is 249 g/mol. The molecule has 0 fully saturated rings. The van der Waals surface area contributed by atoms with Crippen LogP contribution in [0.4, 0.5) is 0 Å². The first kappa shape index (κ1) is 15.2. The summed E-state index contributed by atoms with van der Waals surface area (Å²) in [5.74, 6) is 0. The number of rotatable bonds is 6. The fourth-order valence-corrected chi connectivity index (χ4v) is 2.80. The number of ether oxygens (including phenoxy) is 1. The molecule has 0 aromatic heterocycles. The topological polar surface area (TPSA) is 21.3 Å². The van der Waals surface area contributed by atoms with E-state index in [2.05, 4.69) is 52.1 Å². The van der Waals surface area contributed by atoms with Crippen molar-refractivity contribution >= 4 is 0 Å². The quantitative estimate of drug-likeness (QED) is 0.830. The van der Waals surface area contributed by atoms with Gasteiger partial charge in [0.05, 0.1) is 6.61 Å². The van der Waals surface area contributed by atoms with Gasteiger partial charge in [-0.25, -0.2) is 0 Å². The molecule has 2 heteroatoms. The molecule has 102 valence electrons. The third-order valence-corrected chi connectivity index (χ3v) is 3.52. The zero-order chi connectivity index (χ0) is 13.7. The molecule has 1 N–H and O–H groups in total. The van der Waals surface area contributed by atoms with Crippen LogP contribution in [0.3, 0.4) is 0 Å². The summed E-state index contributed by atoms with van der Waals surface area (Å²) in [6, 6.07) is 5.31.